The van der Waals surface area contributed by atoms with E-state index < -0.39 is 0 Å². The Hall–Kier alpha value is -1.64. The number of hydrogen-bond acceptors (Lipinski definition) is 2. The fourth-order valence-corrected chi connectivity index (χ4v) is 3.41. The third kappa shape index (κ3) is 2.42. The SMILES string of the molecule is Cc1ccc(CO)c(Cc2csc3ccccc23)c1. The zero-order valence-electron chi connectivity index (χ0n) is 10.9. The zero-order valence-corrected chi connectivity index (χ0v) is 11.7. The van der Waals surface area contributed by atoms with Crippen LogP contribution in [0.5, 0.6) is 0 Å². The molecular formula is C17H16OS. The molecule has 96 valence electrons. The molecular weight excluding hydrogens is 252 g/mol. The molecule has 0 aliphatic rings. The van der Waals surface area contributed by atoms with Crippen molar-refractivity contribution in [2.45, 2.75) is 20.0 Å². The van der Waals surface area contributed by atoms with Gasteiger partial charge in [0.15, 0.2) is 0 Å². The molecule has 0 radical (unpaired) electrons. The van der Waals surface area contributed by atoms with Crippen LogP contribution in [0.3, 0.4) is 0 Å². The van der Waals surface area contributed by atoms with Crippen molar-refractivity contribution in [3.8, 4) is 0 Å². The van der Waals surface area contributed by atoms with Gasteiger partial charge in [-0.2, -0.15) is 0 Å². The Bertz CT molecular complexity index is 712. The van der Waals surface area contributed by atoms with Gasteiger partial charge >= 0.3 is 0 Å². The minimum atomic E-state index is 0.109. The van der Waals surface area contributed by atoms with E-state index in [0.29, 0.717) is 0 Å². The van der Waals surface area contributed by atoms with Crippen LogP contribution in [0.15, 0.2) is 47.8 Å². The molecule has 0 aliphatic carbocycles. The molecule has 0 aliphatic heterocycles. The number of aliphatic hydroxyl groups is 1. The highest BCUT2D eigenvalue weighted by atomic mass is 32.1. The summed E-state index contributed by atoms with van der Waals surface area (Å²) in [5.74, 6) is 0. The summed E-state index contributed by atoms with van der Waals surface area (Å²) >= 11 is 1.79. The molecule has 1 heterocycles. The fourth-order valence-electron chi connectivity index (χ4n) is 2.45. The van der Waals surface area contributed by atoms with Crippen LogP contribution < -0.4 is 0 Å². The second-order valence-electron chi connectivity index (χ2n) is 4.86. The minimum absolute atomic E-state index is 0.109. The van der Waals surface area contributed by atoms with E-state index in [1.165, 1.54) is 26.8 Å². The molecule has 3 aromatic rings. The lowest BCUT2D eigenvalue weighted by atomic mass is 9.98. The van der Waals surface area contributed by atoms with E-state index in [4.69, 9.17) is 0 Å². The normalized spacial score (nSPS) is 11.1. The van der Waals surface area contributed by atoms with Crippen molar-refractivity contribution < 1.29 is 5.11 Å². The summed E-state index contributed by atoms with van der Waals surface area (Å²) < 4.78 is 1.33. The van der Waals surface area contributed by atoms with Gasteiger partial charge < -0.3 is 5.11 Å². The molecule has 0 saturated carbocycles. The van der Waals surface area contributed by atoms with Gasteiger partial charge in [-0.3, -0.25) is 0 Å². The number of fused-ring (bicyclic) bond motifs is 1. The van der Waals surface area contributed by atoms with Crippen molar-refractivity contribution in [1.29, 1.82) is 0 Å². The number of rotatable bonds is 3. The Labute approximate surface area is 117 Å². The van der Waals surface area contributed by atoms with E-state index in [9.17, 15) is 5.11 Å². The van der Waals surface area contributed by atoms with Crippen molar-refractivity contribution in [3.63, 3.8) is 0 Å². The summed E-state index contributed by atoms with van der Waals surface area (Å²) in [7, 11) is 0. The van der Waals surface area contributed by atoms with Gasteiger partial charge in [0.2, 0.25) is 0 Å². The molecule has 1 nitrogen and oxygen atoms in total. The largest absolute Gasteiger partial charge is 0.392 e. The van der Waals surface area contributed by atoms with E-state index in [-0.39, 0.29) is 6.61 Å². The lowest BCUT2D eigenvalue weighted by molar-refractivity contribution is 0.281. The molecule has 3 rings (SSSR count). The molecule has 0 bridgehead atoms. The summed E-state index contributed by atoms with van der Waals surface area (Å²) in [6, 6.07) is 14.8. The first-order valence-electron chi connectivity index (χ1n) is 6.42. The Morgan fingerprint density at radius 2 is 1.84 bits per heavy atom. The van der Waals surface area contributed by atoms with Gasteiger partial charge in [-0.05, 0) is 46.9 Å². The van der Waals surface area contributed by atoms with Crippen LogP contribution in [0, 0.1) is 6.92 Å². The molecule has 0 atom stereocenters. The molecule has 0 amide bonds. The minimum Gasteiger partial charge on any atom is -0.392 e. The number of thiophene rings is 1. The van der Waals surface area contributed by atoms with E-state index in [1.54, 1.807) is 11.3 Å². The van der Waals surface area contributed by atoms with Crippen molar-refractivity contribution in [2.75, 3.05) is 0 Å². The third-order valence-corrected chi connectivity index (χ3v) is 4.49. The maximum Gasteiger partial charge on any atom is 0.0684 e. The first-order valence-corrected chi connectivity index (χ1v) is 7.30. The quantitative estimate of drug-likeness (QED) is 0.751. The first kappa shape index (κ1) is 12.4. The molecule has 1 N–H and O–H groups in total. The fraction of sp³-hybridized carbons (Fsp3) is 0.176. The molecule has 19 heavy (non-hydrogen) atoms. The van der Waals surface area contributed by atoms with Gasteiger partial charge in [0.05, 0.1) is 6.61 Å². The average molecular weight is 268 g/mol. The maximum atomic E-state index is 9.45. The summed E-state index contributed by atoms with van der Waals surface area (Å²) in [6.45, 7) is 2.20. The van der Waals surface area contributed by atoms with Crippen LogP contribution in [0.1, 0.15) is 22.3 Å². The topological polar surface area (TPSA) is 20.2 Å². The molecule has 2 aromatic carbocycles. The maximum absolute atomic E-state index is 9.45. The monoisotopic (exact) mass is 268 g/mol. The highest BCUT2D eigenvalue weighted by molar-refractivity contribution is 7.17. The van der Waals surface area contributed by atoms with Crippen LogP contribution in [0.2, 0.25) is 0 Å². The highest BCUT2D eigenvalue weighted by Crippen LogP contribution is 2.28. The number of aliphatic hydroxyl groups excluding tert-OH is 1. The second kappa shape index (κ2) is 5.16. The van der Waals surface area contributed by atoms with E-state index in [0.717, 1.165) is 12.0 Å². The molecule has 0 saturated heterocycles. The average Bonchev–Trinajstić information content (AvgIpc) is 2.83. The summed E-state index contributed by atoms with van der Waals surface area (Å²) in [5, 5.41) is 13.0. The number of hydrogen-bond donors (Lipinski definition) is 1. The zero-order chi connectivity index (χ0) is 13.2. The predicted octanol–water partition coefficient (Wildman–Crippen LogP) is 4.29. The van der Waals surface area contributed by atoms with E-state index in [2.05, 4.69) is 48.7 Å². The lowest BCUT2D eigenvalue weighted by Gasteiger charge is -2.08. The standard InChI is InChI=1S/C17H16OS/c1-12-6-7-13(10-18)14(8-12)9-15-11-19-17-5-3-2-4-16(15)17/h2-8,11,18H,9-10H2,1H3. The third-order valence-electron chi connectivity index (χ3n) is 3.47. The smallest absolute Gasteiger partial charge is 0.0684 e. The van der Waals surface area contributed by atoms with E-state index >= 15 is 0 Å². The predicted molar refractivity (Wildman–Crippen MR) is 81.7 cm³/mol. The molecule has 2 heteroatoms. The Balaban J connectivity index is 2.03. The van der Waals surface area contributed by atoms with Crippen molar-refractivity contribution >= 4 is 21.4 Å². The Morgan fingerprint density at radius 3 is 2.68 bits per heavy atom. The second-order valence-corrected chi connectivity index (χ2v) is 5.78. The number of aryl methyl sites for hydroxylation is 1. The molecule has 0 unspecified atom stereocenters. The van der Waals surface area contributed by atoms with Crippen LogP contribution in [0.25, 0.3) is 10.1 Å². The number of benzene rings is 2. The summed E-state index contributed by atoms with van der Waals surface area (Å²) in [4.78, 5) is 0. The van der Waals surface area contributed by atoms with Crippen LogP contribution >= 0.6 is 11.3 Å². The van der Waals surface area contributed by atoms with Crippen LogP contribution in [-0.2, 0) is 13.0 Å². The van der Waals surface area contributed by atoms with Crippen molar-refractivity contribution in [1.82, 2.24) is 0 Å². The van der Waals surface area contributed by atoms with Crippen molar-refractivity contribution in [2.24, 2.45) is 0 Å². The lowest BCUT2D eigenvalue weighted by Crippen LogP contribution is -1.96. The molecule has 1 aromatic heterocycles. The molecule has 0 fully saturated rings. The van der Waals surface area contributed by atoms with Gasteiger partial charge in [0, 0.05) is 4.70 Å². The first-order chi connectivity index (χ1) is 9.28. The van der Waals surface area contributed by atoms with E-state index in [1.807, 2.05) is 6.07 Å². The Morgan fingerprint density at radius 1 is 1.00 bits per heavy atom. The summed E-state index contributed by atoms with van der Waals surface area (Å²) in [5.41, 5.74) is 4.85. The van der Waals surface area contributed by atoms with Gasteiger partial charge in [-0.25, -0.2) is 0 Å². The van der Waals surface area contributed by atoms with Gasteiger partial charge in [-0.15, -0.1) is 11.3 Å². The molecule has 0 spiro atoms. The van der Waals surface area contributed by atoms with Crippen LogP contribution in [0.4, 0.5) is 0 Å². The van der Waals surface area contributed by atoms with Gasteiger partial charge in [0.1, 0.15) is 0 Å². The van der Waals surface area contributed by atoms with Gasteiger partial charge in [-0.1, -0.05) is 42.0 Å². The highest BCUT2D eigenvalue weighted by Gasteiger charge is 2.07. The Kier molecular flexibility index (Phi) is 3.36. The van der Waals surface area contributed by atoms with Crippen LogP contribution in [-0.4, -0.2) is 5.11 Å². The summed E-state index contributed by atoms with van der Waals surface area (Å²) in [6.07, 6.45) is 0.890. The van der Waals surface area contributed by atoms with Gasteiger partial charge in [0.25, 0.3) is 0 Å². The van der Waals surface area contributed by atoms with Crippen molar-refractivity contribution in [3.05, 3.63) is 70.1 Å².